The van der Waals surface area contributed by atoms with Crippen molar-refractivity contribution in [3.8, 4) is 0 Å². The molecule has 108 valence electrons. The molecule has 0 aliphatic carbocycles. The van der Waals surface area contributed by atoms with Crippen molar-refractivity contribution in [3.63, 3.8) is 0 Å². The van der Waals surface area contributed by atoms with Crippen LogP contribution in [0.3, 0.4) is 0 Å². The van der Waals surface area contributed by atoms with Crippen molar-refractivity contribution in [1.82, 2.24) is 0 Å². The number of nitro groups is 1. The second kappa shape index (κ2) is 6.36. The number of ether oxygens (including phenoxy) is 1. The zero-order valence-electron chi connectivity index (χ0n) is 11.0. The third-order valence-corrected chi connectivity index (χ3v) is 3.27. The highest BCUT2D eigenvalue weighted by atomic mass is 79.9. The lowest BCUT2D eigenvalue weighted by Crippen LogP contribution is -2.04. The molecule has 0 heterocycles. The largest absolute Gasteiger partial charge is 0.465 e. The van der Waals surface area contributed by atoms with Crippen LogP contribution in [-0.4, -0.2) is 18.0 Å². The fourth-order valence-electron chi connectivity index (χ4n) is 1.72. The number of halogens is 1. The standard InChI is InChI=1S/C14H11BrN2O4/c1-21-14(18)9-2-7-12(13(8-9)17(19)20)16-11-5-3-10(15)4-6-11/h2-8,16H,1H3. The summed E-state index contributed by atoms with van der Waals surface area (Å²) in [5, 5.41) is 14.1. The third kappa shape index (κ3) is 3.57. The number of anilines is 2. The maximum absolute atomic E-state index is 11.4. The Hall–Kier alpha value is -2.41. The molecule has 0 bridgehead atoms. The fourth-order valence-corrected chi connectivity index (χ4v) is 1.99. The summed E-state index contributed by atoms with van der Waals surface area (Å²) in [7, 11) is 1.22. The summed E-state index contributed by atoms with van der Waals surface area (Å²) >= 11 is 3.31. The monoisotopic (exact) mass is 350 g/mol. The molecule has 0 aliphatic heterocycles. The average molecular weight is 351 g/mol. The number of nitro benzene ring substituents is 1. The first-order chi connectivity index (χ1) is 10.0. The SMILES string of the molecule is COC(=O)c1ccc(Nc2ccc(Br)cc2)c([N+](=O)[O-])c1. The van der Waals surface area contributed by atoms with Crippen molar-refractivity contribution < 1.29 is 14.5 Å². The van der Waals surface area contributed by atoms with Gasteiger partial charge in [0.15, 0.2) is 0 Å². The second-order valence-electron chi connectivity index (χ2n) is 4.11. The molecular weight excluding hydrogens is 340 g/mol. The lowest BCUT2D eigenvalue weighted by atomic mass is 10.1. The topological polar surface area (TPSA) is 81.5 Å². The molecule has 21 heavy (non-hydrogen) atoms. The van der Waals surface area contributed by atoms with Crippen LogP contribution < -0.4 is 5.32 Å². The highest BCUT2D eigenvalue weighted by Crippen LogP contribution is 2.29. The number of carbonyl (C=O) groups is 1. The fraction of sp³-hybridized carbons (Fsp3) is 0.0714. The van der Waals surface area contributed by atoms with Gasteiger partial charge in [0.25, 0.3) is 5.69 Å². The normalized spacial score (nSPS) is 10.0. The van der Waals surface area contributed by atoms with Gasteiger partial charge < -0.3 is 10.1 Å². The van der Waals surface area contributed by atoms with E-state index >= 15 is 0 Å². The van der Waals surface area contributed by atoms with Gasteiger partial charge in [-0.05, 0) is 36.4 Å². The van der Waals surface area contributed by atoms with E-state index in [1.165, 1.54) is 25.3 Å². The van der Waals surface area contributed by atoms with Gasteiger partial charge in [-0.1, -0.05) is 15.9 Å². The lowest BCUT2D eigenvalue weighted by Gasteiger charge is -2.08. The Morgan fingerprint density at radius 3 is 2.48 bits per heavy atom. The summed E-state index contributed by atoms with van der Waals surface area (Å²) in [6, 6.07) is 11.3. The van der Waals surface area contributed by atoms with Gasteiger partial charge in [0.2, 0.25) is 0 Å². The van der Waals surface area contributed by atoms with Gasteiger partial charge in [-0.15, -0.1) is 0 Å². The Morgan fingerprint density at radius 2 is 1.90 bits per heavy atom. The van der Waals surface area contributed by atoms with Crippen LogP contribution in [0.15, 0.2) is 46.9 Å². The molecule has 0 saturated heterocycles. The van der Waals surface area contributed by atoms with Crippen molar-refractivity contribution in [2.45, 2.75) is 0 Å². The van der Waals surface area contributed by atoms with Gasteiger partial charge in [0.1, 0.15) is 5.69 Å². The number of carbonyl (C=O) groups excluding carboxylic acids is 1. The minimum atomic E-state index is -0.617. The predicted octanol–water partition coefficient (Wildman–Crippen LogP) is 3.89. The molecule has 0 atom stereocenters. The molecular formula is C14H11BrN2O4. The zero-order valence-corrected chi connectivity index (χ0v) is 12.6. The quantitative estimate of drug-likeness (QED) is 0.513. The molecule has 0 aromatic heterocycles. The van der Waals surface area contributed by atoms with Crippen LogP contribution in [0.1, 0.15) is 10.4 Å². The van der Waals surface area contributed by atoms with Crippen LogP contribution in [0, 0.1) is 10.1 Å². The van der Waals surface area contributed by atoms with Gasteiger partial charge in [0.05, 0.1) is 17.6 Å². The van der Waals surface area contributed by atoms with Crippen LogP contribution in [0.5, 0.6) is 0 Å². The molecule has 2 aromatic carbocycles. The molecule has 0 aliphatic rings. The van der Waals surface area contributed by atoms with Gasteiger partial charge in [-0.3, -0.25) is 10.1 Å². The maximum atomic E-state index is 11.4. The number of hydrogen-bond donors (Lipinski definition) is 1. The second-order valence-corrected chi connectivity index (χ2v) is 5.03. The van der Waals surface area contributed by atoms with Crippen LogP contribution in [0.2, 0.25) is 0 Å². The first-order valence-corrected chi connectivity index (χ1v) is 6.70. The molecule has 0 saturated carbocycles. The lowest BCUT2D eigenvalue weighted by molar-refractivity contribution is -0.383. The summed E-state index contributed by atoms with van der Waals surface area (Å²) in [6.07, 6.45) is 0. The number of hydrogen-bond acceptors (Lipinski definition) is 5. The summed E-state index contributed by atoms with van der Waals surface area (Å²) in [4.78, 5) is 22.0. The summed E-state index contributed by atoms with van der Waals surface area (Å²) in [6.45, 7) is 0. The van der Waals surface area contributed by atoms with Crippen LogP contribution in [0.25, 0.3) is 0 Å². The van der Waals surface area contributed by atoms with Gasteiger partial charge in [-0.2, -0.15) is 0 Å². The Kier molecular flexibility index (Phi) is 4.54. The smallest absolute Gasteiger partial charge is 0.338 e. The Labute approximate surface area is 129 Å². The first kappa shape index (κ1) is 15.0. The molecule has 0 radical (unpaired) electrons. The minimum Gasteiger partial charge on any atom is -0.465 e. The van der Waals surface area contributed by atoms with Crippen LogP contribution >= 0.6 is 15.9 Å². The van der Waals surface area contributed by atoms with Crippen molar-refractivity contribution in [2.75, 3.05) is 12.4 Å². The molecule has 2 aromatic rings. The van der Waals surface area contributed by atoms with E-state index in [2.05, 4.69) is 26.0 Å². The van der Waals surface area contributed by atoms with E-state index < -0.39 is 10.9 Å². The van der Waals surface area contributed by atoms with Crippen LogP contribution in [-0.2, 0) is 4.74 Å². The highest BCUT2D eigenvalue weighted by Gasteiger charge is 2.18. The molecule has 2 rings (SSSR count). The minimum absolute atomic E-state index is 0.130. The summed E-state index contributed by atoms with van der Waals surface area (Å²) in [5.41, 5.74) is 0.938. The van der Waals surface area contributed by atoms with E-state index in [4.69, 9.17) is 0 Å². The molecule has 0 unspecified atom stereocenters. The zero-order chi connectivity index (χ0) is 15.4. The number of esters is 1. The van der Waals surface area contributed by atoms with E-state index in [-0.39, 0.29) is 11.3 Å². The molecule has 0 spiro atoms. The van der Waals surface area contributed by atoms with Crippen molar-refractivity contribution in [2.24, 2.45) is 0 Å². The van der Waals surface area contributed by atoms with Gasteiger partial charge in [-0.25, -0.2) is 4.79 Å². The summed E-state index contributed by atoms with van der Waals surface area (Å²) in [5.74, 6) is -0.617. The van der Waals surface area contributed by atoms with E-state index in [1.54, 1.807) is 12.1 Å². The first-order valence-electron chi connectivity index (χ1n) is 5.90. The molecule has 0 fully saturated rings. The van der Waals surface area contributed by atoms with Crippen LogP contribution in [0.4, 0.5) is 17.1 Å². The van der Waals surface area contributed by atoms with Crippen molar-refractivity contribution in [1.29, 1.82) is 0 Å². The Morgan fingerprint density at radius 1 is 1.24 bits per heavy atom. The molecule has 7 heteroatoms. The number of rotatable bonds is 4. The van der Waals surface area contributed by atoms with E-state index in [1.807, 2.05) is 12.1 Å². The van der Waals surface area contributed by atoms with E-state index in [0.717, 1.165) is 4.47 Å². The molecule has 6 nitrogen and oxygen atoms in total. The molecule has 0 amide bonds. The number of benzene rings is 2. The highest BCUT2D eigenvalue weighted by molar-refractivity contribution is 9.10. The number of nitrogens with one attached hydrogen (secondary N) is 1. The summed E-state index contributed by atoms with van der Waals surface area (Å²) < 4.78 is 5.46. The predicted molar refractivity (Wildman–Crippen MR) is 81.9 cm³/mol. The van der Waals surface area contributed by atoms with E-state index in [0.29, 0.717) is 11.4 Å². The third-order valence-electron chi connectivity index (χ3n) is 2.74. The molecule has 1 N–H and O–H groups in total. The maximum Gasteiger partial charge on any atom is 0.338 e. The Bertz CT molecular complexity index is 686. The van der Waals surface area contributed by atoms with Gasteiger partial charge >= 0.3 is 5.97 Å². The number of nitrogens with zero attached hydrogens (tertiary/aromatic N) is 1. The Balaban J connectivity index is 2.36. The van der Waals surface area contributed by atoms with E-state index in [9.17, 15) is 14.9 Å². The van der Waals surface area contributed by atoms with Crippen molar-refractivity contribution in [3.05, 3.63) is 62.6 Å². The average Bonchev–Trinajstić information content (AvgIpc) is 2.49. The van der Waals surface area contributed by atoms with Gasteiger partial charge in [0, 0.05) is 16.2 Å². The van der Waals surface area contributed by atoms with Crippen molar-refractivity contribution >= 4 is 39.0 Å². The number of methoxy groups -OCH3 is 1.